The molecule has 4 saturated carbocycles. The lowest BCUT2D eigenvalue weighted by atomic mass is 9.47. The predicted molar refractivity (Wildman–Crippen MR) is 139 cm³/mol. The molecular formula is C29H41F2N3O4. The summed E-state index contributed by atoms with van der Waals surface area (Å²) in [5, 5.41) is 6.46. The van der Waals surface area contributed by atoms with Crippen LogP contribution in [0.1, 0.15) is 64.4 Å². The second kappa shape index (κ2) is 9.96. The lowest BCUT2D eigenvalue weighted by molar-refractivity contribution is -0.153. The van der Waals surface area contributed by atoms with E-state index in [0.29, 0.717) is 36.9 Å². The Bertz CT molecular complexity index is 1060. The van der Waals surface area contributed by atoms with Crippen molar-refractivity contribution >= 4 is 11.8 Å². The van der Waals surface area contributed by atoms with Gasteiger partial charge in [-0.1, -0.05) is 6.07 Å². The molecule has 1 saturated heterocycles. The zero-order valence-corrected chi connectivity index (χ0v) is 22.9. The van der Waals surface area contributed by atoms with Gasteiger partial charge in [0.15, 0.2) is 11.5 Å². The van der Waals surface area contributed by atoms with Crippen LogP contribution in [-0.2, 0) is 16.1 Å². The van der Waals surface area contributed by atoms with Gasteiger partial charge in [0.25, 0.3) is 5.92 Å². The standard InChI is InChI=1S/C29H41F2N3O4/c1-27(2,34-9-5-8-29(30,31)17-34)25(35)33-24-20-10-19-11-21(24)15-28(13-19,14-20)26(36)32-16-18-6-7-22(37-3)23(12-18)38-4/h6-7,12,19-21,24H,5,8-11,13-17H2,1-4H3,(H,32,36)(H,33,35). The molecule has 1 aromatic carbocycles. The maximum Gasteiger partial charge on any atom is 0.260 e. The van der Waals surface area contributed by atoms with Crippen molar-refractivity contribution < 1.29 is 27.8 Å². The molecule has 9 heteroatoms. The van der Waals surface area contributed by atoms with Crippen molar-refractivity contribution in [3.05, 3.63) is 23.8 Å². The number of benzene rings is 1. The third-order valence-corrected chi connectivity index (χ3v) is 9.69. The van der Waals surface area contributed by atoms with Crippen LogP contribution in [0.15, 0.2) is 18.2 Å². The number of likely N-dealkylation sites (tertiary alicyclic amines) is 1. The Labute approximate surface area is 224 Å². The van der Waals surface area contributed by atoms with Gasteiger partial charge in [-0.15, -0.1) is 0 Å². The van der Waals surface area contributed by atoms with E-state index in [9.17, 15) is 18.4 Å². The lowest BCUT2D eigenvalue weighted by Crippen LogP contribution is -2.66. The van der Waals surface area contributed by atoms with Gasteiger partial charge >= 0.3 is 0 Å². The highest BCUT2D eigenvalue weighted by molar-refractivity contribution is 5.86. The van der Waals surface area contributed by atoms with Crippen LogP contribution in [0.2, 0.25) is 0 Å². The summed E-state index contributed by atoms with van der Waals surface area (Å²) in [5.74, 6) is -0.618. The van der Waals surface area contributed by atoms with Gasteiger partial charge in [-0.2, -0.15) is 0 Å². The molecule has 5 aliphatic rings. The fraction of sp³-hybridized carbons (Fsp3) is 0.724. The van der Waals surface area contributed by atoms with Crippen molar-refractivity contribution in [1.82, 2.24) is 15.5 Å². The number of amides is 2. The molecule has 2 amide bonds. The molecule has 38 heavy (non-hydrogen) atoms. The number of rotatable bonds is 8. The summed E-state index contributed by atoms with van der Waals surface area (Å²) in [4.78, 5) is 28.6. The molecule has 210 valence electrons. The minimum absolute atomic E-state index is 0.00426. The third kappa shape index (κ3) is 4.98. The number of halogens is 2. The summed E-state index contributed by atoms with van der Waals surface area (Å²) in [6.45, 7) is 4.04. The minimum Gasteiger partial charge on any atom is -0.493 e. The number of methoxy groups -OCH3 is 2. The zero-order chi connectivity index (χ0) is 27.3. The zero-order valence-electron chi connectivity index (χ0n) is 22.9. The van der Waals surface area contributed by atoms with Crippen molar-refractivity contribution in [2.24, 2.45) is 23.2 Å². The highest BCUT2D eigenvalue weighted by atomic mass is 19.3. The third-order valence-electron chi connectivity index (χ3n) is 9.69. The van der Waals surface area contributed by atoms with Crippen molar-refractivity contribution in [1.29, 1.82) is 0 Å². The number of nitrogens with zero attached hydrogens (tertiary/aromatic N) is 1. The van der Waals surface area contributed by atoms with Gasteiger partial charge in [0, 0.05) is 19.0 Å². The van der Waals surface area contributed by atoms with Crippen molar-refractivity contribution in [3.8, 4) is 11.5 Å². The first kappa shape index (κ1) is 27.2. The molecule has 4 aliphatic carbocycles. The van der Waals surface area contributed by atoms with Gasteiger partial charge in [0.1, 0.15) is 0 Å². The molecule has 6 rings (SSSR count). The van der Waals surface area contributed by atoms with Crippen molar-refractivity contribution in [2.45, 2.75) is 82.8 Å². The van der Waals surface area contributed by atoms with Crippen LogP contribution in [0.5, 0.6) is 11.5 Å². The fourth-order valence-electron chi connectivity index (χ4n) is 7.81. The Morgan fingerprint density at radius 3 is 2.39 bits per heavy atom. The maximum atomic E-state index is 14.1. The highest BCUT2D eigenvalue weighted by Gasteiger charge is 2.59. The smallest absolute Gasteiger partial charge is 0.260 e. The van der Waals surface area contributed by atoms with Crippen LogP contribution in [-0.4, -0.2) is 61.5 Å². The van der Waals surface area contributed by atoms with E-state index < -0.39 is 16.9 Å². The van der Waals surface area contributed by atoms with Crippen LogP contribution in [0.25, 0.3) is 0 Å². The van der Waals surface area contributed by atoms with Crippen molar-refractivity contribution in [2.75, 3.05) is 27.3 Å². The molecule has 1 aliphatic heterocycles. The van der Waals surface area contributed by atoms with Crippen LogP contribution < -0.4 is 20.1 Å². The van der Waals surface area contributed by atoms with E-state index in [4.69, 9.17) is 9.47 Å². The largest absolute Gasteiger partial charge is 0.493 e. The molecule has 2 atom stereocenters. The predicted octanol–water partition coefficient (Wildman–Crippen LogP) is 4.14. The van der Waals surface area contributed by atoms with Gasteiger partial charge in [-0.3, -0.25) is 14.5 Å². The summed E-state index contributed by atoms with van der Waals surface area (Å²) >= 11 is 0. The molecule has 4 bridgehead atoms. The Hall–Kier alpha value is -2.42. The van der Waals surface area contributed by atoms with E-state index >= 15 is 0 Å². The average Bonchev–Trinajstić information content (AvgIpc) is 2.87. The number of carbonyl (C=O) groups excluding carboxylic acids is 2. The van der Waals surface area contributed by atoms with Gasteiger partial charge in [-0.25, -0.2) is 8.78 Å². The first-order valence-corrected chi connectivity index (χ1v) is 13.9. The summed E-state index contributed by atoms with van der Waals surface area (Å²) < 4.78 is 38.9. The summed E-state index contributed by atoms with van der Waals surface area (Å²) in [5.41, 5.74) is -0.470. The summed E-state index contributed by atoms with van der Waals surface area (Å²) in [6.07, 6.45) is 4.69. The number of alkyl halides is 2. The number of carbonyl (C=O) groups is 2. The molecule has 1 heterocycles. The molecule has 2 unspecified atom stereocenters. The van der Waals surface area contributed by atoms with E-state index in [1.165, 1.54) is 0 Å². The minimum atomic E-state index is -2.75. The normalized spacial score (nSPS) is 32.1. The van der Waals surface area contributed by atoms with Crippen LogP contribution in [0.3, 0.4) is 0 Å². The van der Waals surface area contributed by atoms with Crippen LogP contribution in [0, 0.1) is 23.2 Å². The van der Waals surface area contributed by atoms with E-state index in [-0.39, 0.29) is 42.7 Å². The van der Waals surface area contributed by atoms with E-state index in [0.717, 1.165) is 37.7 Å². The summed E-state index contributed by atoms with van der Waals surface area (Å²) in [7, 11) is 3.18. The Kier molecular flexibility index (Phi) is 7.12. The van der Waals surface area contributed by atoms with Gasteiger partial charge in [0.05, 0.1) is 31.7 Å². The van der Waals surface area contributed by atoms with E-state index in [2.05, 4.69) is 10.6 Å². The van der Waals surface area contributed by atoms with Crippen LogP contribution in [0.4, 0.5) is 8.78 Å². The van der Waals surface area contributed by atoms with Gasteiger partial charge < -0.3 is 20.1 Å². The van der Waals surface area contributed by atoms with E-state index in [1.54, 1.807) is 33.0 Å². The average molecular weight is 534 g/mol. The number of hydrogen-bond donors (Lipinski definition) is 2. The number of hydrogen-bond acceptors (Lipinski definition) is 5. The topological polar surface area (TPSA) is 79.9 Å². The Morgan fingerprint density at radius 2 is 1.76 bits per heavy atom. The second-order valence-electron chi connectivity index (χ2n) is 12.6. The number of nitrogens with one attached hydrogen (secondary N) is 2. The molecule has 0 aromatic heterocycles. The SMILES string of the molecule is COc1ccc(CNC(=O)C23CC4CC(C2)C(NC(=O)C(C)(C)N2CCCC(F)(F)C2)C(C4)C3)cc1OC. The maximum absolute atomic E-state index is 14.1. The first-order chi connectivity index (χ1) is 18.0. The quantitative estimate of drug-likeness (QED) is 0.525. The Morgan fingerprint density at radius 1 is 1.08 bits per heavy atom. The first-order valence-electron chi connectivity index (χ1n) is 13.9. The van der Waals surface area contributed by atoms with Crippen LogP contribution >= 0.6 is 0 Å². The number of piperidine rings is 1. The molecule has 0 spiro atoms. The number of ether oxygens (including phenoxy) is 2. The van der Waals surface area contributed by atoms with Gasteiger partial charge in [0.2, 0.25) is 11.8 Å². The molecule has 2 N–H and O–H groups in total. The molecule has 0 radical (unpaired) electrons. The van der Waals surface area contributed by atoms with Crippen molar-refractivity contribution in [3.63, 3.8) is 0 Å². The fourth-order valence-corrected chi connectivity index (χ4v) is 7.81. The Balaban J connectivity index is 1.23. The highest BCUT2D eigenvalue weighted by Crippen LogP contribution is 2.60. The lowest BCUT2D eigenvalue weighted by Gasteiger charge is -2.59. The monoisotopic (exact) mass is 533 g/mol. The van der Waals surface area contributed by atoms with Gasteiger partial charge in [-0.05, 0) is 94.4 Å². The molecule has 5 fully saturated rings. The summed E-state index contributed by atoms with van der Waals surface area (Å²) in [6, 6.07) is 5.64. The van der Waals surface area contributed by atoms with E-state index in [1.807, 2.05) is 18.2 Å². The second-order valence-corrected chi connectivity index (χ2v) is 12.6. The molecule has 7 nitrogen and oxygen atoms in total. The molecule has 1 aromatic rings. The molecular weight excluding hydrogens is 492 g/mol.